The van der Waals surface area contributed by atoms with Crippen LogP contribution in [0.1, 0.15) is 22.1 Å². The van der Waals surface area contributed by atoms with E-state index in [2.05, 4.69) is 16.0 Å². The maximum absolute atomic E-state index is 13.2. The molecule has 1 aliphatic rings. The molecule has 0 fully saturated rings. The zero-order valence-electron chi connectivity index (χ0n) is 14.0. The van der Waals surface area contributed by atoms with Crippen LogP contribution in [0.15, 0.2) is 60.7 Å². The third kappa shape index (κ3) is 3.32. The lowest BCUT2D eigenvalue weighted by molar-refractivity contribution is 0.0851. The second-order valence-corrected chi connectivity index (χ2v) is 6.09. The molecule has 1 aliphatic heterocycles. The van der Waals surface area contributed by atoms with Gasteiger partial charge in [0, 0.05) is 22.5 Å². The zero-order valence-corrected chi connectivity index (χ0v) is 14.0. The minimum Gasteiger partial charge on any atom is -0.369 e. The number of anilines is 4. The first-order valence-electron chi connectivity index (χ1n) is 8.22. The summed E-state index contributed by atoms with van der Waals surface area (Å²) in [7, 11) is 0. The Kier molecular flexibility index (Phi) is 4.21. The predicted octanol–water partition coefficient (Wildman–Crippen LogP) is 4.19. The summed E-state index contributed by atoms with van der Waals surface area (Å²) in [4.78, 5) is 12.0. The number of fused-ring (bicyclic) bond motifs is 1. The van der Waals surface area contributed by atoms with Crippen LogP contribution in [-0.2, 0) is 0 Å². The second-order valence-electron chi connectivity index (χ2n) is 6.09. The van der Waals surface area contributed by atoms with Crippen molar-refractivity contribution in [2.75, 3.05) is 10.6 Å². The molecule has 5 nitrogen and oxygen atoms in total. The lowest BCUT2D eigenvalue weighted by Crippen LogP contribution is -2.18. The van der Waals surface area contributed by atoms with Gasteiger partial charge in [0.2, 0.25) is 0 Å². The number of aliphatic hydroxyl groups excluding tert-OH is 1. The van der Waals surface area contributed by atoms with Gasteiger partial charge in [0.15, 0.2) is 6.23 Å². The minimum atomic E-state index is -1.18. The van der Waals surface area contributed by atoms with Gasteiger partial charge in [-0.15, -0.1) is 0 Å². The van der Waals surface area contributed by atoms with Crippen molar-refractivity contribution >= 4 is 28.7 Å². The van der Waals surface area contributed by atoms with E-state index in [1.807, 2.05) is 0 Å². The van der Waals surface area contributed by atoms with E-state index in [0.29, 0.717) is 33.9 Å². The maximum atomic E-state index is 13.2. The number of hydrogen-bond acceptors (Lipinski definition) is 4. The maximum Gasteiger partial charge on any atom is 0.254 e. The van der Waals surface area contributed by atoms with Crippen LogP contribution in [0.2, 0.25) is 0 Å². The molecule has 0 aromatic heterocycles. The number of carbonyl (C=O) groups excluding carboxylic acids is 1. The van der Waals surface area contributed by atoms with Gasteiger partial charge in [0.05, 0.1) is 11.4 Å². The van der Waals surface area contributed by atoms with E-state index in [0.717, 1.165) is 0 Å². The molecule has 1 amide bonds. The molecule has 136 valence electrons. The minimum absolute atomic E-state index is 0.344. The van der Waals surface area contributed by atoms with Crippen molar-refractivity contribution in [3.05, 3.63) is 83.4 Å². The Hall–Kier alpha value is -3.45. The summed E-state index contributed by atoms with van der Waals surface area (Å²) in [5.74, 6) is -1.11. The highest BCUT2D eigenvalue weighted by molar-refractivity contribution is 6.03. The Morgan fingerprint density at radius 3 is 1.96 bits per heavy atom. The first-order valence-corrected chi connectivity index (χ1v) is 8.22. The summed E-state index contributed by atoms with van der Waals surface area (Å²) in [5.41, 5.74) is 2.98. The Balaban J connectivity index is 1.78. The third-order valence-corrected chi connectivity index (χ3v) is 4.27. The number of aliphatic hydroxyl groups is 1. The molecular formula is C20H15F2N3O2. The van der Waals surface area contributed by atoms with Gasteiger partial charge < -0.3 is 21.1 Å². The van der Waals surface area contributed by atoms with E-state index in [-0.39, 0.29) is 17.5 Å². The molecule has 4 rings (SSSR count). The van der Waals surface area contributed by atoms with E-state index < -0.39 is 6.23 Å². The van der Waals surface area contributed by atoms with Crippen LogP contribution in [0, 0.1) is 11.6 Å². The van der Waals surface area contributed by atoms with Gasteiger partial charge in [-0.2, -0.15) is 0 Å². The number of halogens is 2. The molecule has 7 heteroatoms. The highest BCUT2D eigenvalue weighted by Gasteiger charge is 2.31. The summed E-state index contributed by atoms with van der Waals surface area (Å²) in [5, 5.41) is 19.0. The second kappa shape index (κ2) is 6.69. The monoisotopic (exact) mass is 367 g/mol. The van der Waals surface area contributed by atoms with E-state index in [4.69, 9.17) is 0 Å². The summed E-state index contributed by atoms with van der Waals surface area (Å²) in [6, 6.07) is 14.8. The number of nitrogens with one attached hydrogen (secondary N) is 3. The number of carbonyl (C=O) groups is 1. The van der Waals surface area contributed by atoms with Gasteiger partial charge in [-0.3, -0.25) is 4.79 Å². The Morgan fingerprint density at radius 1 is 0.815 bits per heavy atom. The van der Waals surface area contributed by atoms with Crippen molar-refractivity contribution < 1.29 is 18.7 Å². The van der Waals surface area contributed by atoms with Gasteiger partial charge in [0.1, 0.15) is 11.6 Å². The van der Waals surface area contributed by atoms with Crippen molar-refractivity contribution in [1.29, 1.82) is 0 Å². The first-order chi connectivity index (χ1) is 13.0. The molecule has 4 N–H and O–H groups in total. The number of amides is 1. The molecule has 0 bridgehead atoms. The standard InChI is InChI=1S/C20H15F2N3O2/c21-11-1-5-13(6-2-11)23-16-10-9-15-17(20(27)25-19(15)26)18(16)24-14-7-3-12(22)4-8-14/h1-10,20,23-24,27H,(H,25,26). The molecule has 27 heavy (non-hydrogen) atoms. The van der Waals surface area contributed by atoms with E-state index in [9.17, 15) is 18.7 Å². The molecule has 0 saturated heterocycles. The van der Waals surface area contributed by atoms with Gasteiger partial charge >= 0.3 is 0 Å². The molecular weight excluding hydrogens is 352 g/mol. The Bertz CT molecular complexity index is 1000. The largest absolute Gasteiger partial charge is 0.369 e. The molecule has 1 heterocycles. The zero-order chi connectivity index (χ0) is 19.0. The average Bonchev–Trinajstić information content (AvgIpc) is 2.95. The predicted molar refractivity (Wildman–Crippen MR) is 98.2 cm³/mol. The van der Waals surface area contributed by atoms with Crippen LogP contribution in [0.4, 0.5) is 31.5 Å². The lowest BCUT2D eigenvalue weighted by atomic mass is 10.0. The van der Waals surface area contributed by atoms with Crippen molar-refractivity contribution in [1.82, 2.24) is 5.32 Å². The van der Waals surface area contributed by atoms with E-state index in [1.54, 1.807) is 36.4 Å². The normalized spacial score (nSPS) is 15.2. The summed E-state index contributed by atoms with van der Waals surface area (Å²) in [6.45, 7) is 0. The van der Waals surface area contributed by atoms with Crippen LogP contribution in [0.5, 0.6) is 0 Å². The molecule has 1 unspecified atom stereocenters. The number of benzene rings is 3. The fourth-order valence-corrected chi connectivity index (χ4v) is 2.98. The number of rotatable bonds is 4. The van der Waals surface area contributed by atoms with Crippen LogP contribution in [-0.4, -0.2) is 11.0 Å². The van der Waals surface area contributed by atoms with Crippen molar-refractivity contribution in [3.63, 3.8) is 0 Å². The van der Waals surface area contributed by atoms with Gasteiger partial charge in [-0.1, -0.05) is 0 Å². The Labute approximate surface area is 153 Å². The van der Waals surface area contributed by atoms with Crippen LogP contribution >= 0.6 is 0 Å². The van der Waals surface area contributed by atoms with Crippen molar-refractivity contribution in [2.24, 2.45) is 0 Å². The number of hydrogen-bond donors (Lipinski definition) is 4. The summed E-state index contributed by atoms with van der Waals surface area (Å²) >= 11 is 0. The molecule has 3 aromatic carbocycles. The highest BCUT2D eigenvalue weighted by atomic mass is 19.1. The lowest BCUT2D eigenvalue weighted by Gasteiger charge is -2.19. The highest BCUT2D eigenvalue weighted by Crippen LogP contribution is 2.39. The van der Waals surface area contributed by atoms with Crippen LogP contribution < -0.4 is 16.0 Å². The molecule has 0 spiro atoms. The van der Waals surface area contributed by atoms with Crippen LogP contribution in [0.3, 0.4) is 0 Å². The summed E-state index contributed by atoms with van der Waals surface area (Å²) < 4.78 is 26.3. The molecule has 0 aliphatic carbocycles. The third-order valence-electron chi connectivity index (χ3n) is 4.27. The van der Waals surface area contributed by atoms with Crippen molar-refractivity contribution in [2.45, 2.75) is 6.23 Å². The van der Waals surface area contributed by atoms with Crippen molar-refractivity contribution in [3.8, 4) is 0 Å². The first kappa shape index (κ1) is 17.0. The van der Waals surface area contributed by atoms with Gasteiger partial charge in [-0.25, -0.2) is 8.78 Å². The molecule has 0 saturated carbocycles. The molecule has 1 atom stereocenters. The van der Waals surface area contributed by atoms with Crippen LogP contribution in [0.25, 0.3) is 0 Å². The Morgan fingerprint density at radius 2 is 1.37 bits per heavy atom. The smallest absolute Gasteiger partial charge is 0.254 e. The van der Waals surface area contributed by atoms with Gasteiger partial charge in [-0.05, 0) is 60.7 Å². The van der Waals surface area contributed by atoms with E-state index >= 15 is 0 Å². The molecule has 3 aromatic rings. The topological polar surface area (TPSA) is 73.4 Å². The van der Waals surface area contributed by atoms with Gasteiger partial charge in [0.25, 0.3) is 5.91 Å². The molecule has 0 radical (unpaired) electrons. The summed E-state index contributed by atoms with van der Waals surface area (Å²) in [6.07, 6.45) is -1.18. The van der Waals surface area contributed by atoms with E-state index in [1.165, 1.54) is 24.3 Å². The fourth-order valence-electron chi connectivity index (χ4n) is 2.98. The quantitative estimate of drug-likeness (QED) is 0.558. The fraction of sp³-hybridized carbons (Fsp3) is 0.0500. The average molecular weight is 367 g/mol. The SMILES string of the molecule is O=C1NC(O)c2c1ccc(Nc1ccc(F)cc1)c2Nc1ccc(F)cc1.